The van der Waals surface area contributed by atoms with E-state index in [0.29, 0.717) is 5.15 Å². The minimum atomic E-state index is 0.495. The summed E-state index contributed by atoms with van der Waals surface area (Å²) >= 11 is 7.49. The second-order valence-electron chi connectivity index (χ2n) is 3.40. The van der Waals surface area contributed by atoms with Crippen molar-refractivity contribution in [1.82, 2.24) is 9.97 Å². The molecule has 4 heteroatoms. The molecule has 0 aliphatic heterocycles. The predicted molar refractivity (Wildman–Crippen MR) is 67.8 cm³/mol. The van der Waals surface area contributed by atoms with Gasteiger partial charge in [0.2, 0.25) is 0 Å². The molecule has 82 valence electrons. The van der Waals surface area contributed by atoms with E-state index < -0.39 is 0 Å². The Hall–Kier alpha value is -1.06. The first-order chi connectivity index (χ1) is 7.74. The van der Waals surface area contributed by atoms with Crippen molar-refractivity contribution in [2.75, 3.05) is 0 Å². The lowest BCUT2D eigenvalue weighted by Gasteiger charge is -2.01. The first kappa shape index (κ1) is 11.4. The van der Waals surface area contributed by atoms with Crippen LogP contribution in [0.3, 0.4) is 0 Å². The lowest BCUT2D eigenvalue weighted by atomic mass is 10.2. The van der Waals surface area contributed by atoms with E-state index in [9.17, 15) is 0 Å². The van der Waals surface area contributed by atoms with Crippen molar-refractivity contribution in [2.45, 2.75) is 17.6 Å². The molecule has 0 saturated heterocycles. The monoisotopic (exact) mass is 250 g/mol. The minimum Gasteiger partial charge on any atom is -0.240 e. The Morgan fingerprint density at radius 1 is 1.19 bits per heavy atom. The molecule has 0 amide bonds. The second-order valence-corrected chi connectivity index (χ2v) is 4.83. The van der Waals surface area contributed by atoms with E-state index in [4.69, 9.17) is 11.6 Å². The van der Waals surface area contributed by atoms with Gasteiger partial charge < -0.3 is 0 Å². The molecule has 1 heterocycles. The standard InChI is InChI=1S/C12H11ClN2S/c1-9-2-4-10(5-3-9)16-8-12-14-7-6-11(13)15-12/h2-7H,8H2,1H3. The first-order valence-electron chi connectivity index (χ1n) is 4.91. The number of thioether (sulfide) groups is 1. The number of hydrogen-bond acceptors (Lipinski definition) is 3. The van der Waals surface area contributed by atoms with Crippen molar-refractivity contribution in [1.29, 1.82) is 0 Å². The summed E-state index contributed by atoms with van der Waals surface area (Å²) < 4.78 is 0. The van der Waals surface area contributed by atoms with Gasteiger partial charge in [-0.05, 0) is 25.1 Å². The molecular weight excluding hydrogens is 240 g/mol. The van der Waals surface area contributed by atoms with Gasteiger partial charge in [-0.1, -0.05) is 29.3 Å². The Morgan fingerprint density at radius 3 is 2.62 bits per heavy atom. The zero-order valence-corrected chi connectivity index (χ0v) is 10.4. The summed E-state index contributed by atoms with van der Waals surface area (Å²) in [5, 5.41) is 0.495. The third-order valence-electron chi connectivity index (χ3n) is 2.06. The van der Waals surface area contributed by atoms with Gasteiger partial charge in [0.25, 0.3) is 0 Å². The van der Waals surface area contributed by atoms with E-state index >= 15 is 0 Å². The normalized spacial score (nSPS) is 10.4. The average Bonchev–Trinajstić information content (AvgIpc) is 2.28. The highest BCUT2D eigenvalue weighted by molar-refractivity contribution is 7.98. The Kier molecular flexibility index (Phi) is 3.80. The zero-order chi connectivity index (χ0) is 11.4. The summed E-state index contributed by atoms with van der Waals surface area (Å²) in [6.07, 6.45) is 1.68. The molecule has 0 atom stereocenters. The van der Waals surface area contributed by atoms with Crippen molar-refractivity contribution in [2.24, 2.45) is 0 Å². The highest BCUT2D eigenvalue weighted by Gasteiger charge is 1.99. The van der Waals surface area contributed by atoms with Crippen LogP contribution in [-0.2, 0) is 5.75 Å². The highest BCUT2D eigenvalue weighted by atomic mass is 35.5. The van der Waals surface area contributed by atoms with Crippen LogP contribution in [0.5, 0.6) is 0 Å². The van der Waals surface area contributed by atoms with Gasteiger partial charge in [0.1, 0.15) is 11.0 Å². The first-order valence-corrected chi connectivity index (χ1v) is 6.27. The molecule has 2 rings (SSSR count). The topological polar surface area (TPSA) is 25.8 Å². The third-order valence-corrected chi connectivity index (χ3v) is 3.28. The van der Waals surface area contributed by atoms with E-state index in [1.54, 1.807) is 24.0 Å². The van der Waals surface area contributed by atoms with Gasteiger partial charge in [-0.3, -0.25) is 0 Å². The van der Waals surface area contributed by atoms with E-state index in [1.165, 1.54) is 10.5 Å². The van der Waals surface area contributed by atoms with Crippen LogP contribution >= 0.6 is 23.4 Å². The lowest BCUT2D eigenvalue weighted by Crippen LogP contribution is -1.91. The van der Waals surface area contributed by atoms with Crippen molar-refractivity contribution in [3.8, 4) is 0 Å². The maximum absolute atomic E-state index is 5.79. The molecule has 1 aromatic carbocycles. The predicted octanol–water partition coefficient (Wildman–Crippen LogP) is 3.73. The van der Waals surface area contributed by atoms with Crippen LogP contribution in [0.15, 0.2) is 41.4 Å². The number of nitrogens with zero attached hydrogens (tertiary/aromatic N) is 2. The number of aryl methyl sites for hydroxylation is 1. The summed E-state index contributed by atoms with van der Waals surface area (Å²) in [7, 11) is 0. The molecule has 2 aromatic rings. The summed E-state index contributed by atoms with van der Waals surface area (Å²) in [4.78, 5) is 9.51. The average molecular weight is 251 g/mol. The van der Waals surface area contributed by atoms with Gasteiger partial charge in [-0.2, -0.15) is 0 Å². The Labute approximate surface area is 104 Å². The maximum atomic E-state index is 5.79. The minimum absolute atomic E-state index is 0.495. The Bertz CT molecular complexity index is 471. The van der Waals surface area contributed by atoms with Crippen LogP contribution in [0.25, 0.3) is 0 Å². The number of halogens is 1. The van der Waals surface area contributed by atoms with Gasteiger partial charge in [0.15, 0.2) is 0 Å². The van der Waals surface area contributed by atoms with Crippen LogP contribution in [0.1, 0.15) is 11.4 Å². The molecule has 0 radical (unpaired) electrons. The quantitative estimate of drug-likeness (QED) is 0.613. The van der Waals surface area contributed by atoms with E-state index in [-0.39, 0.29) is 0 Å². The Balaban J connectivity index is 1.99. The Morgan fingerprint density at radius 2 is 1.94 bits per heavy atom. The summed E-state index contributed by atoms with van der Waals surface area (Å²) in [6, 6.07) is 10.1. The van der Waals surface area contributed by atoms with Crippen molar-refractivity contribution >= 4 is 23.4 Å². The number of aromatic nitrogens is 2. The fraction of sp³-hybridized carbons (Fsp3) is 0.167. The largest absolute Gasteiger partial charge is 0.240 e. The fourth-order valence-corrected chi connectivity index (χ4v) is 2.14. The summed E-state index contributed by atoms with van der Waals surface area (Å²) in [5.41, 5.74) is 1.27. The third kappa shape index (κ3) is 3.22. The number of hydrogen-bond donors (Lipinski definition) is 0. The molecule has 0 aliphatic rings. The van der Waals surface area contributed by atoms with Gasteiger partial charge >= 0.3 is 0 Å². The summed E-state index contributed by atoms with van der Waals surface area (Å²) in [6.45, 7) is 2.08. The molecule has 0 N–H and O–H groups in total. The molecule has 0 fully saturated rings. The molecule has 0 bridgehead atoms. The van der Waals surface area contributed by atoms with E-state index in [1.807, 2.05) is 0 Å². The van der Waals surface area contributed by atoms with E-state index in [2.05, 4.69) is 41.2 Å². The molecule has 16 heavy (non-hydrogen) atoms. The van der Waals surface area contributed by atoms with Crippen LogP contribution in [-0.4, -0.2) is 9.97 Å². The maximum Gasteiger partial charge on any atom is 0.140 e. The second kappa shape index (κ2) is 5.32. The fourth-order valence-electron chi connectivity index (χ4n) is 1.23. The SMILES string of the molecule is Cc1ccc(SCc2nccc(Cl)n2)cc1. The lowest BCUT2D eigenvalue weighted by molar-refractivity contribution is 1.03. The van der Waals surface area contributed by atoms with Crippen molar-refractivity contribution in [3.63, 3.8) is 0 Å². The van der Waals surface area contributed by atoms with E-state index in [0.717, 1.165) is 11.6 Å². The van der Waals surface area contributed by atoms with Crippen LogP contribution in [0.2, 0.25) is 5.15 Å². The van der Waals surface area contributed by atoms with Crippen LogP contribution in [0.4, 0.5) is 0 Å². The van der Waals surface area contributed by atoms with Crippen molar-refractivity contribution in [3.05, 3.63) is 53.1 Å². The van der Waals surface area contributed by atoms with Gasteiger partial charge in [-0.15, -0.1) is 11.8 Å². The number of rotatable bonds is 3. The van der Waals surface area contributed by atoms with Gasteiger partial charge in [-0.25, -0.2) is 9.97 Å². The number of benzene rings is 1. The smallest absolute Gasteiger partial charge is 0.140 e. The zero-order valence-electron chi connectivity index (χ0n) is 8.85. The molecule has 2 nitrogen and oxygen atoms in total. The van der Waals surface area contributed by atoms with Crippen LogP contribution in [0, 0.1) is 6.92 Å². The molecule has 1 aromatic heterocycles. The van der Waals surface area contributed by atoms with Crippen molar-refractivity contribution < 1.29 is 0 Å². The molecular formula is C12H11ClN2S. The van der Waals surface area contributed by atoms with Crippen LogP contribution < -0.4 is 0 Å². The molecule has 0 unspecified atom stereocenters. The molecule has 0 aliphatic carbocycles. The summed E-state index contributed by atoms with van der Waals surface area (Å²) in [5.74, 6) is 1.50. The highest BCUT2D eigenvalue weighted by Crippen LogP contribution is 2.21. The molecule has 0 spiro atoms. The van der Waals surface area contributed by atoms with Gasteiger partial charge in [0.05, 0.1) is 5.75 Å². The van der Waals surface area contributed by atoms with Gasteiger partial charge in [0, 0.05) is 11.1 Å². The molecule has 0 saturated carbocycles.